The Hall–Kier alpha value is -3.53. The molecular formula is C24H23N3O. The van der Waals surface area contributed by atoms with E-state index in [1.54, 1.807) is 0 Å². The highest BCUT2D eigenvalue weighted by atomic mass is 16.1. The summed E-state index contributed by atoms with van der Waals surface area (Å²) in [5.41, 5.74) is 5.82. The molecule has 0 unspecified atom stereocenters. The van der Waals surface area contributed by atoms with Crippen molar-refractivity contribution in [3.63, 3.8) is 0 Å². The van der Waals surface area contributed by atoms with Crippen molar-refractivity contribution in [1.29, 1.82) is 0 Å². The molecule has 0 radical (unpaired) electrons. The molecule has 0 fully saturated rings. The Morgan fingerprint density at radius 1 is 0.893 bits per heavy atom. The Kier molecular flexibility index (Phi) is 4.85. The number of hydrogen-bond donors (Lipinski definition) is 2. The second kappa shape index (κ2) is 7.61. The largest absolute Gasteiger partial charge is 0.379 e. The molecule has 0 atom stereocenters. The highest BCUT2D eigenvalue weighted by Gasteiger charge is 2.14. The molecule has 4 aromatic rings. The van der Waals surface area contributed by atoms with E-state index >= 15 is 0 Å². The third-order valence-corrected chi connectivity index (χ3v) is 5.09. The second-order valence-electron chi connectivity index (χ2n) is 6.93. The van der Waals surface area contributed by atoms with Crippen molar-refractivity contribution < 1.29 is 4.79 Å². The predicted octanol–water partition coefficient (Wildman–Crippen LogP) is 5.35. The number of aromatic nitrogens is 1. The zero-order valence-electron chi connectivity index (χ0n) is 16.1. The van der Waals surface area contributed by atoms with Crippen molar-refractivity contribution in [2.75, 3.05) is 10.6 Å². The molecule has 4 rings (SSSR count). The standard InChI is InChI=1S/C24H23N3O/c1-17-9-3-4-11-19(17)16-25-20-12-6-7-13-21(20)26-24(28)23-15-18-10-5-8-14-22(18)27(23)2/h3-15,25H,16H2,1-2H3,(H,26,28). The first kappa shape index (κ1) is 17.9. The fourth-order valence-electron chi connectivity index (χ4n) is 3.44. The number of carbonyl (C=O) groups is 1. The van der Waals surface area contributed by atoms with E-state index in [4.69, 9.17) is 0 Å². The van der Waals surface area contributed by atoms with Crippen molar-refractivity contribution >= 4 is 28.2 Å². The number of nitrogens with one attached hydrogen (secondary N) is 2. The summed E-state index contributed by atoms with van der Waals surface area (Å²) in [5, 5.41) is 7.56. The van der Waals surface area contributed by atoms with Crippen LogP contribution < -0.4 is 10.6 Å². The summed E-state index contributed by atoms with van der Waals surface area (Å²) in [4.78, 5) is 12.9. The lowest BCUT2D eigenvalue weighted by atomic mass is 10.1. The maximum absolute atomic E-state index is 12.9. The molecule has 1 amide bonds. The number of amides is 1. The van der Waals surface area contributed by atoms with E-state index in [0.717, 1.165) is 22.3 Å². The average Bonchev–Trinajstić information content (AvgIpc) is 3.05. The molecule has 0 spiro atoms. The Bertz CT molecular complexity index is 1140. The van der Waals surface area contributed by atoms with Crippen molar-refractivity contribution in [1.82, 2.24) is 4.57 Å². The van der Waals surface area contributed by atoms with Gasteiger partial charge in [-0.05, 0) is 42.3 Å². The lowest BCUT2D eigenvalue weighted by Gasteiger charge is -2.14. The number of rotatable bonds is 5. The summed E-state index contributed by atoms with van der Waals surface area (Å²) in [7, 11) is 1.92. The first-order valence-electron chi connectivity index (χ1n) is 9.37. The minimum atomic E-state index is -0.121. The van der Waals surface area contributed by atoms with E-state index < -0.39 is 0 Å². The maximum atomic E-state index is 12.9. The van der Waals surface area contributed by atoms with Crippen LogP contribution in [-0.4, -0.2) is 10.5 Å². The molecule has 0 aliphatic carbocycles. The van der Waals surface area contributed by atoms with Crippen LogP contribution in [0.15, 0.2) is 78.9 Å². The van der Waals surface area contributed by atoms with Gasteiger partial charge in [-0.15, -0.1) is 0 Å². The van der Waals surface area contributed by atoms with Crippen LogP contribution in [0, 0.1) is 6.92 Å². The highest BCUT2D eigenvalue weighted by Crippen LogP contribution is 2.24. The van der Waals surface area contributed by atoms with E-state index in [-0.39, 0.29) is 5.91 Å². The molecule has 2 N–H and O–H groups in total. The summed E-state index contributed by atoms with van der Waals surface area (Å²) in [6.07, 6.45) is 0. The SMILES string of the molecule is Cc1ccccc1CNc1ccccc1NC(=O)c1cc2ccccc2n1C. The van der Waals surface area contributed by atoms with Gasteiger partial charge in [0.15, 0.2) is 0 Å². The Morgan fingerprint density at radius 2 is 1.57 bits per heavy atom. The van der Waals surface area contributed by atoms with Crippen molar-refractivity contribution in [2.24, 2.45) is 7.05 Å². The summed E-state index contributed by atoms with van der Waals surface area (Å²) < 4.78 is 1.92. The lowest BCUT2D eigenvalue weighted by Crippen LogP contribution is -2.16. The predicted molar refractivity (Wildman–Crippen MR) is 116 cm³/mol. The number of para-hydroxylation sites is 3. The van der Waals surface area contributed by atoms with Gasteiger partial charge in [-0.25, -0.2) is 0 Å². The molecule has 140 valence electrons. The number of anilines is 2. The lowest BCUT2D eigenvalue weighted by molar-refractivity contribution is 0.102. The first-order chi connectivity index (χ1) is 13.6. The topological polar surface area (TPSA) is 46.1 Å². The summed E-state index contributed by atoms with van der Waals surface area (Å²) in [5.74, 6) is -0.121. The molecule has 0 saturated heterocycles. The van der Waals surface area contributed by atoms with Gasteiger partial charge in [0.1, 0.15) is 5.69 Å². The second-order valence-corrected chi connectivity index (χ2v) is 6.93. The molecule has 1 heterocycles. The Morgan fingerprint density at radius 3 is 2.36 bits per heavy atom. The van der Waals surface area contributed by atoms with E-state index in [9.17, 15) is 4.79 Å². The molecule has 4 nitrogen and oxygen atoms in total. The van der Waals surface area contributed by atoms with Crippen LogP contribution in [0.4, 0.5) is 11.4 Å². The molecule has 0 aliphatic rings. The Balaban J connectivity index is 1.55. The first-order valence-corrected chi connectivity index (χ1v) is 9.37. The minimum absolute atomic E-state index is 0.121. The van der Waals surface area contributed by atoms with Crippen molar-refractivity contribution in [2.45, 2.75) is 13.5 Å². The molecular weight excluding hydrogens is 346 g/mol. The third kappa shape index (κ3) is 3.49. The van der Waals surface area contributed by atoms with Gasteiger partial charge < -0.3 is 15.2 Å². The molecule has 3 aromatic carbocycles. The zero-order chi connectivity index (χ0) is 19.5. The number of fused-ring (bicyclic) bond motifs is 1. The normalized spacial score (nSPS) is 10.8. The van der Waals surface area contributed by atoms with Crippen LogP contribution in [0.5, 0.6) is 0 Å². The van der Waals surface area contributed by atoms with Gasteiger partial charge in [0, 0.05) is 24.5 Å². The van der Waals surface area contributed by atoms with E-state index in [2.05, 4.69) is 29.7 Å². The van der Waals surface area contributed by atoms with E-state index in [1.807, 2.05) is 78.3 Å². The van der Waals surface area contributed by atoms with Gasteiger partial charge >= 0.3 is 0 Å². The van der Waals surface area contributed by atoms with Crippen LogP contribution in [0.3, 0.4) is 0 Å². The van der Waals surface area contributed by atoms with Crippen LogP contribution in [0.25, 0.3) is 10.9 Å². The quantitative estimate of drug-likeness (QED) is 0.498. The minimum Gasteiger partial charge on any atom is -0.379 e. The average molecular weight is 369 g/mol. The summed E-state index contributed by atoms with van der Waals surface area (Å²) >= 11 is 0. The summed E-state index contributed by atoms with van der Waals surface area (Å²) in [6.45, 7) is 2.80. The molecule has 0 bridgehead atoms. The van der Waals surface area contributed by atoms with E-state index in [0.29, 0.717) is 12.2 Å². The fourth-order valence-corrected chi connectivity index (χ4v) is 3.44. The smallest absolute Gasteiger partial charge is 0.272 e. The van der Waals surface area contributed by atoms with Gasteiger partial charge in [0.25, 0.3) is 5.91 Å². The van der Waals surface area contributed by atoms with Gasteiger partial charge in [-0.1, -0.05) is 54.6 Å². The van der Waals surface area contributed by atoms with Gasteiger partial charge in [-0.3, -0.25) is 4.79 Å². The van der Waals surface area contributed by atoms with Crippen molar-refractivity contribution in [3.05, 3.63) is 95.7 Å². The molecule has 4 heteroatoms. The Labute approximate surface area is 164 Å². The number of hydrogen-bond acceptors (Lipinski definition) is 2. The zero-order valence-corrected chi connectivity index (χ0v) is 16.1. The molecule has 1 aromatic heterocycles. The molecule has 0 saturated carbocycles. The number of carbonyl (C=O) groups excluding carboxylic acids is 1. The van der Waals surface area contributed by atoms with Crippen molar-refractivity contribution in [3.8, 4) is 0 Å². The van der Waals surface area contributed by atoms with Crippen LogP contribution >= 0.6 is 0 Å². The van der Waals surface area contributed by atoms with Gasteiger partial charge in [-0.2, -0.15) is 0 Å². The maximum Gasteiger partial charge on any atom is 0.272 e. The molecule has 28 heavy (non-hydrogen) atoms. The third-order valence-electron chi connectivity index (χ3n) is 5.09. The van der Waals surface area contributed by atoms with E-state index in [1.165, 1.54) is 11.1 Å². The van der Waals surface area contributed by atoms with Crippen LogP contribution in [-0.2, 0) is 13.6 Å². The molecule has 0 aliphatic heterocycles. The van der Waals surface area contributed by atoms with Gasteiger partial charge in [0.2, 0.25) is 0 Å². The number of nitrogens with zero attached hydrogens (tertiary/aromatic N) is 1. The number of aryl methyl sites for hydroxylation is 2. The fraction of sp³-hybridized carbons (Fsp3) is 0.125. The summed E-state index contributed by atoms with van der Waals surface area (Å²) in [6, 6.07) is 26.0. The van der Waals surface area contributed by atoms with Crippen LogP contribution in [0.1, 0.15) is 21.6 Å². The van der Waals surface area contributed by atoms with Gasteiger partial charge in [0.05, 0.1) is 11.4 Å². The monoisotopic (exact) mass is 369 g/mol. The van der Waals surface area contributed by atoms with Crippen LogP contribution in [0.2, 0.25) is 0 Å². The highest BCUT2D eigenvalue weighted by molar-refractivity contribution is 6.07. The number of benzene rings is 3.